The van der Waals surface area contributed by atoms with Crippen molar-refractivity contribution < 1.29 is 13.2 Å². The molecule has 8 nitrogen and oxygen atoms in total. The highest BCUT2D eigenvalue weighted by Crippen LogP contribution is 2.26. The third-order valence-electron chi connectivity index (χ3n) is 4.96. The second kappa shape index (κ2) is 11.0. The topological polar surface area (TPSA) is 108 Å². The van der Waals surface area contributed by atoms with Gasteiger partial charge in [-0.05, 0) is 44.4 Å². The summed E-state index contributed by atoms with van der Waals surface area (Å²) in [6.07, 6.45) is 0. The van der Waals surface area contributed by atoms with Crippen LogP contribution in [0.15, 0.2) is 52.5 Å². The van der Waals surface area contributed by atoms with Crippen LogP contribution < -0.4 is 5.32 Å². The maximum absolute atomic E-state index is 13.7. The van der Waals surface area contributed by atoms with Crippen molar-refractivity contribution in [3.63, 3.8) is 0 Å². The molecule has 0 aliphatic carbocycles. The Bertz CT molecular complexity index is 1190. The number of thioether (sulfide) groups is 1. The molecule has 1 amide bonds. The van der Waals surface area contributed by atoms with Gasteiger partial charge in [-0.15, -0.1) is 5.10 Å². The molecule has 2 aromatic carbocycles. The van der Waals surface area contributed by atoms with Crippen LogP contribution in [0.5, 0.6) is 0 Å². The summed E-state index contributed by atoms with van der Waals surface area (Å²) in [7, 11) is -3.90. The average Bonchev–Trinajstić information content (AvgIpc) is 3.15. The lowest BCUT2D eigenvalue weighted by atomic mass is 10.1. The van der Waals surface area contributed by atoms with Crippen LogP contribution in [0.2, 0.25) is 0 Å². The third kappa shape index (κ3) is 6.66. The highest BCUT2D eigenvalue weighted by Gasteiger charge is 2.29. The number of aromatic amines is 1. The molecule has 3 rings (SSSR count). The van der Waals surface area contributed by atoms with Gasteiger partial charge in [0, 0.05) is 18.8 Å². The number of hydrogen-bond donors (Lipinski definition) is 2. The van der Waals surface area contributed by atoms with Crippen LogP contribution in [-0.4, -0.2) is 52.7 Å². The predicted octanol–water partition coefficient (Wildman–Crippen LogP) is 3.14. The first kappa shape index (κ1) is 24.9. The predicted molar refractivity (Wildman–Crippen MR) is 130 cm³/mol. The van der Waals surface area contributed by atoms with Crippen molar-refractivity contribution in [2.75, 3.05) is 18.8 Å². The van der Waals surface area contributed by atoms with Gasteiger partial charge in [0.1, 0.15) is 5.82 Å². The van der Waals surface area contributed by atoms with Crippen LogP contribution in [0.1, 0.15) is 28.1 Å². The zero-order valence-corrected chi connectivity index (χ0v) is 20.9. The fourth-order valence-electron chi connectivity index (χ4n) is 3.65. The largest absolute Gasteiger partial charge is 0.354 e. The van der Waals surface area contributed by atoms with E-state index in [1.165, 1.54) is 16.1 Å². The molecule has 0 aliphatic heterocycles. The highest BCUT2D eigenvalue weighted by atomic mass is 32.2. The van der Waals surface area contributed by atoms with E-state index in [2.05, 4.69) is 20.5 Å². The number of sulfonamides is 1. The molecule has 0 atom stereocenters. The molecule has 0 aliphatic rings. The minimum atomic E-state index is -3.90. The summed E-state index contributed by atoms with van der Waals surface area (Å²) in [5, 5.41) is 10.2. The Morgan fingerprint density at radius 3 is 2.36 bits per heavy atom. The summed E-state index contributed by atoms with van der Waals surface area (Å²) in [6, 6.07) is 13.0. The summed E-state index contributed by atoms with van der Waals surface area (Å²) >= 11 is 1.41. The fraction of sp³-hybridized carbons (Fsp3) is 0.348. The summed E-state index contributed by atoms with van der Waals surface area (Å²) in [5.74, 6) is 0.943. The Labute approximate surface area is 199 Å². The zero-order chi connectivity index (χ0) is 24.0. The van der Waals surface area contributed by atoms with Crippen molar-refractivity contribution in [3.8, 4) is 0 Å². The number of benzene rings is 2. The molecule has 176 valence electrons. The van der Waals surface area contributed by atoms with Crippen molar-refractivity contribution in [3.05, 3.63) is 70.5 Å². The van der Waals surface area contributed by atoms with Gasteiger partial charge in [0.15, 0.2) is 0 Å². The number of hydrogen-bond acceptors (Lipinski definition) is 6. The third-order valence-corrected chi connectivity index (χ3v) is 7.90. The second-order valence-electron chi connectivity index (χ2n) is 7.89. The first-order chi connectivity index (χ1) is 15.7. The second-order valence-corrected chi connectivity index (χ2v) is 10.8. The first-order valence-corrected chi connectivity index (χ1v) is 13.0. The van der Waals surface area contributed by atoms with E-state index in [1.807, 2.05) is 56.3 Å². The number of rotatable bonds is 10. The Morgan fingerprint density at radius 2 is 1.76 bits per heavy atom. The molecule has 0 radical (unpaired) electrons. The molecule has 1 heterocycles. The molecule has 3 aromatic rings. The van der Waals surface area contributed by atoms with Crippen LogP contribution >= 0.6 is 11.8 Å². The number of H-pyrrole nitrogens is 1. The molecular weight excluding hydrogens is 458 g/mol. The molecule has 10 heteroatoms. The molecule has 0 saturated heterocycles. The Morgan fingerprint density at radius 1 is 1.09 bits per heavy atom. The van der Waals surface area contributed by atoms with Crippen molar-refractivity contribution >= 4 is 27.7 Å². The average molecular weight is 488 g/mol. The van der Waals surface area contributed by atoms with Crippen molar-refractivity contribution in [1.29, 1.82) is 0 Å². The van der Waals surface area contributed by atoms with Crippen LogP contribution in [0.25, 0.3) is 0 Å². The number of amides is 1. The number of nitrogens with one attached hydrogen (secondary N) is 2. The van der Waals surface area contributed by atoms with Gasteiger partial charge in [0.25, 0.3) is 0 Å². The monoisotopic (exact) mass is 487 g/mol. The van der Waals surface area contributed by atoms with Crippen molar-refractivity contribution in [2.45, 2.75) is 44.3 Å². The van der Waals surface area contributed by atoms with Gasteiger partial charge in [0.2, 0.25) is 21.1 Å². The number of carbonyl (C=O) groups is 1. The fourth-order valence-corrected chi connectivity index (χ4v) is 6.15. The van der Waals surface area contributed by atoms with E-state index >= 15 is 0 Å². The Kier molecular flexibility index (Phi) is 8.28. The van der Waals surface area contributed by atoms with E-state index in [0.717, 1.165) is 17.0 Å². The van der Waals surface area contributed by atoms with Crippen LogP contribution in [-0.2, 0) is 21.4 Å². The lowest BCUT2D eigenvalue weighted by Gasteiger charge is -2.24. The van der Waals surface area contributed by atoms with Crippen LogP contribution in [0.3, 0.4) is 0 Å². The quantitative estimate of drug-likeness (QED) is 0.336. The molecular formula is C23H29N5O3S2. The highest BCUT2D eigenvalue weighted by molar-refractivity contribution is 7.99. The SMILES string of the molecule is Cc1cc(C)c(S(=O)(=O)N(CC(=O)NCCSc2n[nH]c(C)n2)Cc2ccccc2)c(C)c1. The van der Waals surface area contributed by atoms with Gasteiger partial charge < -0.3 is 5.32 Å². The Balaban J connectivity index is 1.74. The lowest BCUT2D eigenvalue weighted by molar-refractivity contribution is -0.121. The molecule has 0 saturated carbocycles. The van der Waals surface area contributed by atoms with E-state index in [0.29, 0.717) is 28.6 Å². The molecule has 0 bridgehead atoms. The zero-order valence-electron chi connectivity index (χ0n) is 19.3. The van der Waals surface area contributed by atoms with E-state index in [-0.39, 0.29) is 23.9 Å². The number of nitrogens with zero attached hydrogens (tertiary/aromatic N) is 3. The molecule has 0 fully saturated rings. The molecule has 2 N–H and O–H groups in total. The molecule has 0 spiro atoms. The first-order valence-electron chi connectivity index (χ1n) is 10.6. The van der Waals surface area contributed by atoms with Crippen LogP contribution in [0, 0.1) is 27.7 Å². The summed E-state index contributed by atoms with van der Waals surface area (Å²) in [6.45, 7) is 7.54. The normalized spacial score (nSPS) is 11.7. The Hall–Kier alpha value is -2.69. The van der Waals surface area contributed by atoms with E-state index < -0.39 is 10.0 Å². The smallest absolute Gasteiger partial charge is 0.244 e. The standard InChI is InChI=1S/C23H29N5O3S2/c1-16-12-17(2)22(18(3)13-16)33(30,31)28(14-20-8-6-5-7-9-20)15-21(29)24-10-11-32-23-25-19(4)26-27-23/h5-9,12-13H,10-11,14-15H2,1-4H3,(H,24,29)(H,25,26,27). The van der Waals surface area contributed by atoms with Gasteiger partial charge >= 0.3 is 0 Å². The van der Waals surface area contributed by atoms with E-state index in [4.69, 9.17) is 0 Å². The van der Waals surface area contributed by atoms with E-state index in [9.17, 15) is 13.2 Å². The van der Waals surface area contributed by atoms with Gasteiger partial charge in [0.05, 0.1) is 11.4 Å². The summed E-state index contributed by atoms with van der Waals surface area (Å²) < 4.78 is 28.6. The molecule has 1 aromatic heterocycles. The van der Waals surface area contributed by atoms with E-state index in [1.54, 1.807) is 13.8 Å². The summed E-state index contributed by atoms with van der Waals surface area (Å²) in [4.78, 5) is 17.2. The summed E-state index contributed by atoms with van der Waals surface area (Å²) in [5.41, 5.74) is 3.15. The van der Waals surface area contributed by atoms with Gasteiger partial charge in [-0.1, -0.05) is 59.8 Å². The van der Waals surface area contributed by atoms with Gasteiger partial charge in [-0.25, -0.2) is 13.4 Å². The van der Waals surface area contributed by atoms with Crippen molar-refractivity contribution in [1.82, 2.24) is 24.8 Å². The van der Waals surface area contributed by atoms with Gasteiger partial charge in [-0.2, -0.15) is 4.31 Å². The maximum Gasteiger partial charge on any atom is 0.244 e. The number of aromatic nitrogens is 3. The van der Waals surface area contributed by atoms with Crippen LogP contribution in [0.4, 0.5) is 0 Å². The number of carbonyl (C=O) groups excluding carboxylic acids is 1. The van der Waals surface area contributed by atoms with Gasteiger partial charge in [-0.3, -0.25) is 9.89 Å². The minimum absolute atomic E-state index is 0.106. The lowest BCUT2D eigenvalue weighted by Crippen LogP contribution is -2.41. The molecule has 0 unspecified atom stereocenters. The number of aryl methyl sites for hydroxylation is 4. The molecule has 33 heavy (non-hydrogen) atoms. The minimum Gasteiger partial charge on any atom is -0.354 e. The van der Waals surface area contributed by atoms with Crippen molar-refractivity contribution in [2.24, 2.45) is 0 Å². The maximum atomic E-state index is 13.7.